The monoisotopic (exact) mass is 692 g/mol. The lowest BCUT2D eigenvalue weighted by Gasteiger charge is -2.33. The van der Waals surface area contributed by atoms with E-state index in [-0.39, 0.29) is 12.0 Å². The molecule has 0 radical (unpaired) electrons. The Balaban J connectivity index is 1.15. The maximum atomic E-state index is 6.57. The molecule has 8 aromatic carbocycles. The Hall–Kier alpha value is -6.64. The summed E-state index contributed by atoms with van der Waals surface area (Å²) in [5, 5.41) is 7.73. The fraction of sp³-hybridized carbons (Fsp3) is 0.0769. The minimum atomic E-state index is 0.185. The number of nitrogens with zero attached hydrogens (tertiary/aromatic N) is 1. The molecule has 0 bridgehead atoms. The molecule has 2 atom stereocenters. The Labute approximate surface area is 316 Å². The lowest BCUT2D eigenvalue weighted by molar-refractivity contribution is 0.786. The van der Waals surface area contributed by atoms with Crippen molar-refractivity contribution in [3.8, 4) is 22.3 Å². The summed E-state index contributed by atoms with van der Waals surface area (Å²) in [6.45, 7) is 0. The number of hydrogen-bond donors (Lipinski definition) is 1. The molecule has 0 aromatic heterocycles. The fourth-order valence-electron chi connectivity index (χ4n) is 8.84. The third kappa shape index (κ3) is 5.59. The summed E-state index contributed by atoms with van der Waals surface area (Å²) in [5.41, 5.74) is 18.6. The second-order valence-corrected chi connectivity index (χ2v) is 14.6. The van der Waals surface area contributed by atoms with Gasteiger partial charge in [0.05, 0.1) is 17.4 Å². The maximum absolute atomic E-state index is 6.57. The van der Waals surface area contributed by atoms with Crippen molar-refractivity contribution in [2.45, 2.75) is 24.8 Å². The maximum Gasteiger partial charge on any atom is 0.0650 e. The highest BCUT2D eigenvalue weighted by Gasteiger charge is 2.24. The number of hydrogen-bond acceptors (Lipinski definition) is 2. The van der Waals surface area contributed by atoms with Crippen LogP contribution >= 0.6 is 0 Å². The number of nitrogen functional groups attached to an aromatic ring is 1. The number of para-hydroxylation sites is 2. The van der Waals surface area contributed by atoms with Crippen LogP contribution in [0.3, 0.4) is 0 Å². The van der Waals surface area contributed by atoms with Crippen molar-refractivity contribution >= 4 is 55.5 Å². The molecule has 2 N–H and O–H groups in total. The Morgan fingerprint density at radius 3 is 2.11 bits per heavy atom. The lowest BCUT2D eigenvalue weighted by atomic mass is 9.78. The number of rotatable bonds is 6. The average molecular weight is 693 g/mol. The van der Waals surface area contributed by atoms with Gasteiger partial charge in [0.1, 0.15) is 0 Å². The molecule has 2 aliphatic rings. The molecule has 0 heterocycles. The molecular weight excluding hydrogens is 653 g/mol. The van der Waals surface area contributed by atoms with E-state index in [2.05, 4.69) is 187 Å². The molecule has 0 aliphatic heterocycles. The summed E-state index contributed by atoms with van der Waals surface area (Å²) in [6.07, 6.45) is 15.4. The van der Waals surface area contributed by atoms with Crippen LogP contribution in [0.2, 0.25) is 0 Å². The van der Waals surface area contributed by atoms with Crippen LogP contribution < -0.4 is 10.6 Å². The second-order valence-electron chi connectivity index (χ2n) is 14.6. The Kier molecular flexibility index (Phi) is 7.95. The minimum absolute atomic E-state index is 0.185. The van der Waals surface area contributed by atoms with Crippen molar-refractivity contribution in [1.29, 1.82) is 0 Å². The molecule has 2 aliphatic carbocycles. The van der Waals surface area contributed by atoms with Crippen LogP contribution in [0.25, 0.3) is 60.6 Å². The van der Waals surface area contributed by atoms with E-state index in [1.165, 1.54) is 71.3 Å². The van der Waals surface area contributed by atoms with Gasteiger partial charge >= 0.3 is 0 Å². The first-order valence-electron chi connectivity index (χ1n) is 19.0. The summed E-state index contributed by atoms with van der Waals surface area (Å²) < 4.78 is 0. The molecule has 54 heavy (non-hydrogen) atoms. The minimum Gasteiger partial charge on any atom is -0.397 e. The third-order valence-electron chi connectivity index (χ3n) is 11.4. The molecule has 0 amide bonds. The summed E-state index contributed by atoms with van der Waals surface area (Å²) in [5.74, 6) is 0.248. The zero-order chi connectivity index (χ0) is 36.0. The van der Waals surface area contributed by atoms with Gasteiger partial charge in [0.25, 0.3) is 0 Å². The Morgan fingerprint density at radius 2 is 1.26 bits per heavy atom. The normalized spacial score (nSPS) is 16.2. The first-order chi connectivity index (χ1) is 26.7. The zero-order valence-electron chi connectivity index (χ0n) is 30.1. The van der Waals surface area contributed by atoms with Crippen LogP contribution in [-0.2, 0) is 6.42 Å². The quantitative estimate of drug-likeness (QED) is 0.139. The number of benzene rings is 8. The van der Waals surface area contributed by atoms with Gasteiger partial charge in [0.2, 0.25) is 0 Å². The lowest BCUT2D eigenvalue weighted by Crippen LogP contribution is -2.30. The average Bonchev–Trinajstić information content (AvgIpc) is 3.23. The van der Waals surface area contributed by atoms with E-state index in [9.17, 15) is 0 Å². The van der Waals surface area contributed by atoms with Crippen LogP contribution in [0.15, 0.2) is 188 Å². The van der Waals surface area contributed by atoms with Gasteiger partial charge < -0.3 is 10.6 Å². The van der Waals surface area contributed by atoms with Crippen molar-refractivity contribution in [3.05, 3.63) is 205 Å². The smallest absolute Gasteiger partial charge is 0.0650 e. The van der Waals surface area contributed by atoms with Crippen molar-refractivity contribution < 1.29 is 0 Å². The summed E-state index contributed by atoms with van der Waals surface area (Å²) in [6, 6.07) is 58.0. The number of allylic oxidation sites excluding steroid dienone is 3. The number of fused-ring (bicyclic) bond motifs is 4. The highest BCUT2D eigenvalue weighted by Crippen LogP contribution is 2.46. The molecule has 2 heteroatoms. The van der Waals surface area contributed by atoms with E-state index in [1.54, 1.807) is 0 Å². The number of anilines is 3. The van der Waals surface area contributed by atoms with Gasteiger partial charge in [-0.25, -0.2) is 0 Å². The highest BCUT2D eigenvalue weighted by atomic mass is 15.2. The molecule has 10 rings (SSSR count). The van der Waals surface area contributed by atoms with E-state index in [0.717, 1.165) is 29.9 Å². The predicted molar refractivity (Wildman–Crippen MR) is 231 cm³/mol. The largest absolute Gasteiger partial charge is 0.397 e. The molecule has 8 aromatic rings. The van der Waals surface area contributed by atoms with E-state index < -0.39 is 0 Å². The molecule has 2 unspecified atom stereocenters. The van der Waals surface area contributed by atoms with Crippen LogP contribution in [0, 0.1) is 0 Å². The Morgan fingerprint density at radius 1 is 0.537 bits per heavy atom. The van der Waals surface area contributed by atoms with Crippen LogP contribution in [0.5, 0.6) is 0 Å². The van der Waals surface area contributed by atoms with Crippen molar-refractivity contribution in [2.75, 3.05) is 10.6 Å². The molecule has 2 nitrogen and oxygen atoms in total. The number of nitrogens with two attached hydrogens (primary N) is 1. The topological polar surface area (TPSA) is 29.3 Å². The van der Waals surface area contributed by atoms with Crippen molar-refractivity contribution in [2.24, 2.45) is 0 Å². The van der Waals surface area contributed by atoms with Crippen molar-refractivity contribution in [3.63, 3.8) is 0 Å². The summed E-state index contributed by atoms with van der Waals surface area (Å²) in [7, 11) is 0. The first-order valence-corrected chi connectivity index (χ1v) is 19.0. The van der Waals surface area contributed by atoms with E-state index in [4.69, 9.17) is 5.73 Å². The zero-order valence-corrected chi connectivity index (χ0v) is 30.1. The SMILES string of the molecule is Nc1ccccc1N(c1ccc(-c2ccc3c(-c4ccc5ccccc5c4)c4ccccc4c(C4C=Cc5ccccc5C4)c3c2)cc1)C1C=CC=CC1. The highest BCUT2D eigenvalue weighted by molar-refractivity contribution is 6.16. The molecule has 0 spiro atoms. The fourth-order valence-corrected chi connectivity index (χ4v) is 8.84. The van der Waals surface area contributed by atoms with Gasteiger partial charge in [0, 0.05) is 11.6 Å². The Bertz CT molecular complexity index is 2800. The summed E-state index contributed by atoms with van der Waals surface area (Å²) >= 11 is 0. The van der Waals surface area contributed by atoms with Gasteiger partial charge in [0.15, 0.2) is 0 Å². The van der Waals surface area contributed by atoms with E-state index in [0.29, 0.717) is 0 Å². The van der Waals surface area contributed by atoms with Gasteiger partial charge in [-0.05, 0) is 121 Å². The molecule has 0 fully saturated rings. The standard InChI is InChI=1S/C52H40N2/c53-49-20-10-11-21-50(49)54(43-16-2-1-3-17-43)44-29-26-37(27-30-44)40-28-31-47-48(34-40)52(42-25-23-36-13-5-7-15-39(36)33-42)46-19-9-8-18-45(46)51(47)41-24-22-35-12-4-6-14-38(35)32-41/h1-16,18-32,34,42-43H,17,33,53H2. The second kappa shape index (κ2) is 13.4. The van der Waals surface area contributed by atoms with E-state index >= 15 is 0 Å². The van der Waals surface area contributed by atoms with Crippen LogP contribution in [0.1, 0.15) is 29.0 Å². The predicted octanol–water partition coefficient (Wildman–Crippen LogP) is 13.4. The van der Waals surface area contributed by atoms with Crippen LogP contribution in [0.4, 0.5) is 17.1 Å². The molecule has 0 saturated carbocycles. The first kappa shape index (κ1) is 32.0. The van der Waals surface area contributed by atoms with Gasteiger partial charge in [-0.15, -0.1) is 0 Å². The summed E-state index contributed by atoms with van der Waals surface area (Å²) in [4.78, 5) is 2.37. The van der Waals surface area contributed by atoms with E-state index in [1.807, 2.05) is 12.1 Å². The molecule has 258 valence electrons. The van der Waals surface area contributed by atoms with Gasteiger partial charge in [-0.2, -0.15) is 0 Å². The molecular formula is C52H40N2. The van der Waals surface area contributed by atoms with Gasteiger partial charge in [-0.3, -0.25) is 0 Å². The van der Waals surface area contributed by atoms with Gasteiger partial charge in [-0.1, -0.05) is 158 Å². The molecule has 0 saturated heterocycles. The van der Waals surface area contributed by atoms with Crippen molar-refractivity contribution in [1.82, 2.24) is 0 Å². The third-order valence-corrected chi connectivity index (χ3v) is 11.4. The van der Waals surface area contributed by atoms with Crippen LogP contribution in [-0.4, -0.2) is 6.04 Å².